The summed E-state index contributed by atoms with van der Waals surface area (Å²) < 4.78 is 1.24. The number of aromatic amines is 1. The molecule has 0 spiro atoms. The number of nitrogens with zero attached hydrogens (tertiary/aromatic N) is 1. The molecule has 0 aromatic carbocycles. The van der Waals surface area contributed by atoms with Crippen molar-refractivity contribution in [2.24, 2.45) is 5.92 Å². The van der Waals surface area contributed by atoms with Crippen LogP contribution in [0.15, 0.2) is 9.59 Å². The fourth-order valence-electron chi connectivity index (χ4n) is 1.71. The van der Waals surface area contributed by atoms with Crippen molar-refractivity contribution in [3.8, 4) is 0 Å². The highest BCUT2D eigenvalue weighted by Gasteiger charge is 2.13. The predicted octanol–water partition coefficient (Wildman–Crippen LogP) is 1.75. The van der Waals surface area contributed by atoms with Gasteiger partial charge in [0, 0.05) is 6.54 Å². The van der Waals surface area contributed by atoms with E-state index in [2.05, 4.69) is 4.98 Å². The third-order valence-electron chi connectivity index (χ3n) is 2.53. The first-order chi connectivity index (χ1) is 8.01. The maximum absolute atomic E-state index is 12.0. The van der Waals surface area contributed by atoms with Crippen molar-refractivity contribution >= 4 is 23.4 Å². The van der Waals surface area contributed by atoms with Crippen molar-refractivity contribution in [1.29, 1.82) is 0 Å². The summed E-state index contributed by atoms with van der Waals surface area (Å²) >= 11 is 7.53. The Hall–Kier alpha value is -0.680. The minimum absolute atomic E-state index is 0.163. The van der Waals surface area contributed by atoms with Crippen LogP contribution < -0.4 is 11.2 Å². The average molecular weight is 277 g/mol. The summed E-state index contributed by atoms with van der Waals surface area (Å²) in [6, 6.07) is 0. The summed E-state index contributed by atoms with van der Waals surface area (Å²) in [5.41, 5.74) is -0.220. The Labute approximate surface area is 109 Å². The van der Waals surface area contributed by atoms with Crippen LogP contribution in [0.3, 0.4) is 0 Å². The molecule has 0 aliphatic heterocycles. The quantitative estimate of drug-likeness (QED) is 0.834. The summed E-state index contributed by atoms with van der Waals surface area (Å²) in [6.07, 6.45) is 2.52. The Morgan fingerprint density at radius 1 is 1.47 bits per heavy atom. The molecule has 1 aromatic rings. The first kappa shape index (κ1) is 14.4. The third-order valence-corrected chi connectivity index (χ3v) is 3.75. The summed E-state index contributed by atoms with van der Waals surface area (Å²) in [5, 5.41) is 0.163. The SMILES string of the molecule is CCc1c(Cl)[nH]c(=O)n(CC(C)CSC)c1=O. The second kappa shape index (κ2) is 6.31. The minimum Gasteiger partial charge on any atom is -0.297 e. The summed E-state index contributed by atoms with van der Waals surface area (Å²) in [4.78, 5) is 26.2. The number of hydrogen-bond acceptors (Lipinski definition) is 3. The van der Waals surface area contributed by atoms with Gasteiger partial charge in [0.1, 0.15) is 5.15 Å². The van der Waals surface area contributed by atoms with E-state index >= 15 is 0 Å². The van der Waals surface area contributed by atoms with Gasteiger partial charge in [0.25, 0.3) is 5.56 Å². The number of thioether (sulfide) groups is 1. The van der Waals surface area contributed by atoms with E-state index in [0.29, 0.717) is 18.5 Å². The molecule has 1 rings (SSSR count). The molecular weight excluding hydrogens is 260 g/mol. The summed E-state index contributed by atoms with van der Waals surface area (Å²) in [5.74, 6) is 1.19. The van der Waals surface area contributed by atoms with E-state index in [4.69, 9.17) is 11.6 Å². The molecule has 1 unspecified atom stereocenters. The highest BCUT2D eigenvalue weighted by atomic mass is 35.5. The van der Waals surface area contributed by atoms with Gasteiger partial charge >= 0.3 is 5.69 Å². The smallest absolute Gasteiger partial charge is 0.297 e. The molecule has 0 bridgehead atoms. The zero-order valence-electron chi connectivity index (χ0n) is 10.2. The highest BCUT2D eigenvalue weighted by molar-refractivity contribution is 7.98. The standard InChI is InChI=1S/C11H17ClN2O2S/c1-4-8-9(12)13-11(16)14(10(8)15)5-7(2)6-17-3/h7H,4-6H2,1-3H3,(H,13,16). The van der Waals surface area contributed by atoms with E-state index < -0.39 is 5.69 Å². The van der Waals surface area contributed by atoms with Crippen LogP contribution in [0.1, 0.15) is 19.4 Å². The van der Waals surface area contributed by atoms with Gasteiger partial charge in [0.15, 0.2) is 0 Å². The Morgan fingerprint density at radius 3 is 2.65 bits per heavy atom. The molecule has 0 radical (unpaired) electrons. The number of H-pyrrole nitrogens is 1. The summed E-state index contributed by atoms with van der Waals surface area (Å²) in [7, 11) is 0. The number of halogens is 1. The Kier molecular flexibility index (Phi) is 5.33. The second-order valence-corrected chi connectivity index (χ2v) is 5.34. The molecule has 1 N–H and O–H groups in total. The lowest BCUT2D eigenvalue weighted by molar-refractivity contribution is 0.496. The predicted molar refractivity (Wildman–Crippen MR) is 73.3 cm³/mol. The van der Waals surface area contributed by atoms with Gasteiger partial charge in [-0.1, -0.05) is 25.4 Å². The molecule has 0 amide bonds. The molecule has 1 atom stereocenters. The van der Waals surface area contributed by atoms with Gasteiger partial charge in [-0.2, -0.15) is 11.8 Å². The molecule has 4 nitrogen and oxygen atoms in total. The monoisotopic (exact) mass is 276 g/mol. The third kappa shape index (κ3) is 3.39. The molecule has 1 aromatic heterocycles. The van der Waals surface area contributed by atoms with Gasteiger partial charge in [-0.05, 0) is 24.3 Å². The van der Waals surface area contributed by atoms with Gasteiger partial charge in [0.2, 0.25) is 0 Å². The Morgan fingerprint density at radius 2 is 2.12 bits per heavy atom. The fourth-order valence-corrected chi connectivity index (χ4v) is 2.68. The van der Waals surface area contributed by atoms with E-state index in [1.807, 2.05) is 20.1 Å². The lowest BCUT2D eigenvalue weighted by atomic mass is 10.2. The van der Waals surface area contributed by atoms with Gasteiger partial charge < -0.3 is 0 Å². The molecule has 17 heavy (non-hydrogen) atoms. The van der Waals surface area contributed by atoms with E-state index in [1.165, 1.54) is 4.57 Å². The van der Waals surface area contributed by atoms with Crippen molar-refractivity contribution in [2.45, 2.75) is 26.8 Å². The molecule has 6 heteroatoms. The van der Waals surface area contributed by atoms with Crippen LogP contribution in [-0.2, 0) is 13.0 Å². The average Bonchev–Trinajstić information content (AvgIpc) is 2.25. The number of rotatable bonds is 5. The summed E-state index contributed by atoms with van der Waals surface area (Å²) in [6.45, 7) is 4.29. The van der Waals surface area contributed by atoms with Crippen molar-refractivity contribution in [3.63, 3.8) is 0 Å². The van der Waals surface area contributed by atoms with Crippen molar-refractivity contribution < 1.29 is 0 Å². The van der Waals surface area contributed by atoms with Crippen LogP contribution in [0.25, 0.3) is 0 Å². The van der Waals surface area contributed by atoms with E-state index in [1.54, 1.807) is 11.8 Å². The van der Waals surface area contributed by atoms with Crippen molar-refractivity contribution in [2.75, 3.05) is 12.0 Å². The molecule has 1 heterocycles. The lowest BCUT2D eigenvalue weighted by Gasteiger charge is -2.12. The lowest BCUT2D eigenvalue weighted by Crippen LogP contribution is -2.39. The van der Waals surface area contributed by atoms with Crippen LogP contribution >= 0.6 is 23.4 Å². The first-order valence-corrected chi connectivity index (χ1v) is 7.28. The van der Waals surface area contributed by atoms with Gasteiger partial charge in [0.05, 0.1) is 5.56 Å². The topological polar surface area (TPSA) is 54.9 Å². The minimum atomic E-state index is -0.426. The molecule has 0 fully saturated rings. The largest absolute Gasteiger partial charge is 0.329 e. The molecule has 96 valence electrons. The Balaban J connectivity index is 3.16. The highest BCUT2D eigenvalue weighted by Crippen LogP contribution is 2.08. The maximum Gasteiger partial charge on any atom is 0.329 e. The number of nitrogens with one attached hydrogen (secondary N) is 1. The molecule has 0 aliphatic carbocycles. The zero-order chi connectivity index (χ0) is 13.0. The molecule has 0 aliphatic rings. The Bertz CT molecular complexity index is 495. The van der Waals surface area contributed by atoms with Crippen LogP contribution in [0.5, 0.6) is 0 Å². The second-order valence-electron chi connectivity index (χ2n) is 4.05. The van der Waals surface area contributed by atoms with E-state index in [-0.39, 0.29) is 16.6 Å². The normalized spacial score (nSPS) is 12.7. The molecule has 0 saturated carbocycles. The van der Waals surface area contributed by atoms with Crippen LogP contribution in [0, 0.1) is 5.92 Å². The zero-order valence-corrected chi connectivity index (χ0v) is 11.8. The van der Waals surface area contributed by atoms with Gasteiger partial charge in [-0.25, -0.2) is 4.79 Å². The fraction of sp³-hybridized carbons (Fsp3) is 0.636. The number of aromatic nitrogens is 2. The van der Waals surface area contributed by atoms with Gasteiger partial charge in [-0.15, -0.1) is 0 Å². The maximum atomic E-state index is 12.0. The first-order valence-electron chi connectivity index (χ1n) is 5.51. The van der Waals surface area contributed by atoms with Crippen LogP contribution in [0.2, 0.25) is 5.15 Å². The van der Waals surface area contributed by atoms with Crippen molar-refractivity contribution in [3.05, 3.63) is 31.6 Å². The van der Waals surface area contributed by atoms with Crippen molar-refractivity contribution in [1.82, 2.24) is 9.55 Å². The number of hydrogen-bond donors (Lipinski definition) is 1. The van der Waals surface area contributed by atoms with E-state index in [9.17, 15) is 9.59 Å². The van der Waals surface area contributed by atoms with E-state index in [0.717, 1.165) is 5.75 Å². The van der Waals surface area contributed by atoms with Crippen LogP contribution in [0.4, 0.5) is 0 Å². The molecule has 0 saturated heterocycles. The van der Waals surface area contributed by atoms with Gasteiger partial charge in [-0.3, -0.25) is 14.3 Å². The molecular formula is C11H17ClN2O2S. The van der Waals surface area contributed by atoms with Crippen LogP contribution in [-0.4, -0.2) is 21.6 Å².